The van der Waals surface area contributed by atoms with Gasteiger partial charge in [0.1, 0.15) is 11.9 Å². The van der Waals surface area contributed by atoms with Gasteiger partial charge in [0.25, 0.3) is 0 Å². The predicted molar refractivity (Wildman–Crippen MR) is 120 cm³/mol. The zero-order chi connectivity index (χ0) is 20.1. The molecule has 146 valence electrons. The molecule has 0 aromatic heterocycles. The summed E-state index contributed by atoms with van der Waals surface area (Å²) in [5.41, 5.74) is 4.02. The molecule has 0 saturated carbocycles. The van der Waals surface area contributed by atoms with Crippen LogP contribution >= 0.6 is 8.58 Å². The molecule has 3 heteroatoms. The lowest BCUT2D eigenvalue weighted by Crippen LogP contribution is -2.24. The Bertz CT molecular complexity index is 917. The predicted octanol–water partition coefficient (Wildman–Crippen LogP) is 5.80. The van der Waals surface area contributed by atoms with E-state index in [0.29, 0.717) is 14.3 Å². The normalized spacial score (nSPS) is 13.1. The van der Waals surface area contributed by atoms with Crippen molar-refractivity contribution in [3.8, 4) is 5.75 Å². The number of benzene rings is 3. The summed E-state index contributed by atoms with van der Waals surface area (Å²) in [6, 6.07) is 23.8. The zero-order valence-electron chi connectivity index (χ0n) is 16.8. The number of aromatic hydroxyl groups is 1. The van der Waals surface area contributed by atoms with Gasteiger partial charge >= 0.3 is 0 Å². The molecule has 0 aliphatic heterocycles. The highest BCUT2D eigenvalue weighted by atomic mass is 31.1. The van der Waals surface area contributed by atoms with E-state index in [0.717, 1.165) is 40.4 Å². The average molecular weight is 392 g/mol. The van der Waals surface area contributed by atoms with Crippen LogP contribution in [-0.4, -0.2) is 10.2 Å². The third kappa shape index (κ3) is 4.14. The maximum Gasteiger partial charge on any atom is 0.119 e. The SMILES string of the molecule is CCC(CC)(Pc1ccccc1C(O)c1ccccc1)c1cc(C)ccc1O. The molecule has 0 fully saturated rings. The third-order valence-electron chi connectivity index (χ3n) is 5.62. The van der Waals surface area contributed by atoms with Gasteiger partial charge in [-0.2, -0.15) is 0 Å². The Morgan fingerprint density at radius 3 is 2.21 bits per heavy atom. The first kappa shape index (κ1) is 20.6. The molecular weight excluding hydrogens is 363 g/mol. The first-order valence-corrected chi connectivity index (χ1v) is 10.9. The molecule has 3 aromatic rings. The second kappa shape index (κ2) is 8.90. The van der Waals surface area contributed by atoms with Crippen LogP contribution in [0.1, 0.15) is 55.0 Å². The van der Waals surface area contributed by atoms with Crippen LogP contribution in [0.5, 0.6) is 5.75 Å². The Kier molecular flexibility index (Phi) is 6.54. The van der Waals surface area contributed by atoms with Gasteiger partial charge in [0.15, 0.2) is 0 Å². The van der Waals surface area contributed by atoms with Gasteiger partial charge in [-0.05, 0) is 42.3 Å². The molecule has 2 nitrogen and oxygen atoms in total. The van der Waals surface area contributed by atoms with Gasteiger partial charge in [0.2, 0.25) is 0 Å². The highest BCUT2D eigenvalue weighted by Gasteiger charge is 2.33. The molecular formula is C25H29O2P. The minimum Gasteiger partial charge on any atom is -0.508 e. The van der Waals surface area contributed by atoms with Gasteiger partial charge in [-0.15, -0.1) is 0 Å². The van der Waals surface area contributed by atoms with E-state index in [4.69, 9.17) is 0 Å². The number of rotatable bonds is 7. The van der Waals surface area contributed by atoms with Gasteiger partial charge in [0, 0.05) is 10.7 Å². The molecule has 2 N–H and O–H groups in total. The maximum absolute atomic E-state index is 11.0. The molecule has 0 bridgehead atoms. The van der Waals surface area contributed by atoms with Gasteiger partial charge in [-0.1, -0.05) is 94.7 Å². The lowest BCUT2D eigenvalue weighted by Gasteiger charge is -2.34. The molecule has 3 aromatic carbocycles. The van der Waals surface area contributed by atoms with Crippen molar-refractivity contribution in [2.75, 3.05) is 0 Å². The summed E-state index contributed by atoms with van der Waals surface area (Å²) in [6.07, 6.45) is 1.20. The topological polar surface area (TPSA) is 40.5 Å². The summed E-state index contributed by atoms with van der Waals surface area (Å²) >= 11 is 0. The molecule has 0 aliphatic carbocycles. The number of hydrogen-bond acceptors (Lipinski definition) is 2. The molecule has 0 radical (unpaired) electrons. The fraction of sp³-hybridized carbons (Fsp3) is 0.280. The Hall–Kier alpha value is -2.15. The largest absolute Gasteiger partial charge is 0.508 e. The number of phenolic OH excluding ortho intramolecular Hbond substituents is 1. The van der Waals surface area contributed by atoms with Crippen LogP contribution in [0.15, 0.2) is 72.8 Å². The number of phenols is 1. The zero-order valence-corrected chi connectivity index (χ0v) is 17.8. The summed E-state index contributed by atoms with van der Waals surface area (Å²) in [5, 5.41) is 22.7. The van der Waals surface area contributed by atoms with E-state index in [1.165, 1.54) is 0 Å². The smallest absolute Gasteiger partial charge is 0.119 e. The average Bonchev–Trinajstić information content (AvgIpc) is 2.74. The highest BCUT2D eigenvalue weighted by molar-refractivity contribution is 7.48. The second-order valence-electron chi connectivity index (χ2n) is 7.34. The minimum absolute atomic E-state index is 0.150. The van der Waals surface area contributed by atoms with Crippen molar-refractivity contribution in [3.05, 3.63) is 95.1 Å². The van der Waals surface area contributed by atoms with Crippen molar-refractivity contribution in [3.63, 3.8) is 0 Å². The quantitative estimate of drug-likeness (QED) is 0.499. The van der Waals surface area contributed by atoms with Crippen molar-refractivity contribution in [1.29, 1.82) is 0 Å². The first-order chi connectivity index (χ1) is 13.5. The van der Waals surface area contributed by atoms with Crippen LogP contribution in [0.2, 0.25) is 0 Å². The van der Waals surface area contributed by atoms with E-state index in [1.807, 2.05) is 54.6 Å². The Balaban J connectivity index is 2.05. The standard InChI is InChI=1S/C25H29O2P/c1-4-25(5-2,21-17-18(3)15-16-22(21)26)28-23-14-10-9-13-20(23)24(27)19-11-7-6-8-12-19/h6-17,24,26-28H,4-5H2,1-3H3. The number of aryl methyl sites for hydroxylation is 1. The van der Waals surface area contributed by atoms with E-state index >= 15 is 0 Å². The van der Waals surface area contributed by atoms with Crippen molar-refractivity contribution >= 4 is 13.9 Å². The van der Waals surface area contributed by atoms with E-state index in [2.05, 4.69) is 32.9 Å². The molecule has 0 aliphatic rings. The first-order valence-electron chi connectivity index (χ1n) is 9.91. The minimum atomic E-state index is -0.651. The number of aliphatic hydroxyl groups is 1. The van der Waals surface area contributed by atoms with Crippen molar-refractivity contribution in [2.24, 2.45) is 0 Å². The Morgan fingerprint density at radius 1 is 0.893 bits per heavy atom. The summed E-state index contributed by atoms with van der Waals surface area (Å²) in [4.78, 5) is 0. The summed E-state index contributed by atoms with van der Waals surface area (Å²) < 4.78 is 0. The molecule has 0 spiro atoms. The fourth-order valence-corrected chi connectivity index (χ4v) is 5.58. The molecule has 28 heavy (non-hydrogen) atoms. The van der Waals surface area contributed by atoms with Crippen LogP contribution in [0.3, 0.4) is 0 Å². The van der Waals surface area contributed by atoms with Crippen LogP contribution < -0.4 is 5.30 Å². The van der Waals surface area contributed by atoms with Crippen molar-refractivity contribution in [2.45, 2.75) is 44.9 Å². The monoisotopic (exact) mass is 392 g/mol. The Labute approximate surface area is 170 Å². The van der Waals surface area contributed by atoms with Gasteiger partial charge in [0.05, 0.1) is 0 Å². The number of aliphatic hydroxyl groups excluding tert-OH is 1. The van der Waals surface area contributed by atoms with E-state index in [-0.39, 0.29) is 5.16 Å². The lowest BCUT2D eigenvalue weighted by atomic mass is 9.91. The van der Waals surface area contributed by atoms with Gasteiger partial charge in [-0.3, -0.25) is 0 Å². The van der Waals surface area contributed by atoms with E-state index in [9.17, 15) is 10.2 Å². The molecule has 0 amide bonds. The second-order valence-corrected chi connectivity index (χ2v) is 9.08. The fourth-order valence-electron chi connectivity index (χ4n) is 3.83. The van der Waals surface area contributed by atoms with Crippen molar-refractivity contribution in [1.82, 2.24) is 0 Å². The van der Waals surface area contributed by atoms with Crippen LogP contribution in [0, 0.1) is 6.92 Å². The van der Waals surface area contributed by atoms with E-state index in [1.54, 1.807) is 6.07 Å². The van der Waals surface area contributed by atoms with Crippen LogP contribution in [-0.2, 0) is 5.16 Å². The third-order valence-corrected chi connectivity index (χ3v) is 7.80. The highest BCUT2D eigenvalue weighted by Crippen LogP contribution is 2.50. The molecule has 3 rings (SSSR count). The maximum atomic E-state index is 11.0. The lowest BCUT2D eigenvalue weighted by molar-refractivity contribution is 0.221. The summed E-state index contributed by atoms with van der Waals surface area (Å²) in [7, 11) is 0.453. The summed E-state index contributed by atoms with van der Waals surface area (Å²) in [5.74, 6) is 0.364. The van der Waals surface area contributed by atoms with E-state index < -0.39 is 6.10 Å². The van der Waals surface area contributed by atoms with Crippen LogP contribution in [0.25, 0.3) is 0 Å². The number of hydrogen-bond donors (Lipinski definition) is 2. The van der Waals surface area contributed by atoms with Gasteiger partial charge < -0.3 is 10.2 Å². The van der Waals surface area contributed by atoms with Gasteiger partial charge in [-0.25, -0.2) is 0 Å². The molecule has 0 heterocycles. The van der Waals surface area contributed by atoms with Crippen molar-refractivity contribution < 1.29 is 10.2 Å². The molecule has 0 saturated heterocycles. The molecule has 2 atom stereocenters. The van der Waals surface area contributed by atoms with Crippen LogP contribution in [0.4, 0.5) is 0 Å². The molecule has 2 unspecified atom stereocenters. The summed E-state index contributed by atoms with van der Waals surface area (Å²) in [6.45, 7) is 6.44. The Morgan fingerprint density at radius 2 is 1.54 bits per heavy atom.